The largest absolute Gasteiger partial charge is 0.330 e. The van der Waals surface area contributed by atoms with Crippen molar-refractivity contribution in [3.8, 4) is 0 Å². The summed E-state index contributed by atoms with van der Waals surface area (Å²) in [5.41, 5.74) is 11.2. The Morgan fingerprint density at radius 3 is 1.43 bits per heavy atom. The standard InChI is InChI=1S/C10H14N2O2.C8H18N2.CCl2O/c13-7-11-5-9-2-1-3-10(4-9)6-12-8-14;9-5-7-2-1-3-8(4-7)6-10;2-1(3)4/h9-10H,1-6H2;7-8H,1-6,9-10H2;. The summed E-state index contributed by atoms with van der Waals surface area (Å²) in [6.45, 7) is 2.86. The van der Waals surface area contributed by atoms with Gasteiger partial charge in [-0.1, -0.05) is 12.8 Å². The second-order valence-corrected chi connectivity index (χ2v) is 8.24. The van der Waals surface area contributed by atoms with Crippen LogP contribution in [0.3, 0.4) is 0 Å². The van der Waals surface area contributed by atoms with Gasteiger partial charge in [-0.25, -0.2) is 19.6 Å². The van der Waals surface area contributed by atoms with Crippen LogP contribution < -0.4 is 11.5 Å². The number of carbonyl (C=O) groups excluding carboxylic acids is 3. The lowest BCUT2D eigenvalue weighted by Gasteiger charge is -2.26. The number of carbonyl (C=O) groups is 1. The molecule has 0 aromatic carbocycles. The second-order valence-electron chi connectivity index (χ2n) is 7.36. The van der Waals surface area contributed by atoms with Crippen molar-refractivity contribution in [2.24, 2.45) is 45.1 Å². The van der Waals surface area contributed by atoms with Gasteiger partial charge in [0.15, 0.2) is 0 Å². The van der Waals surface area contributed by atoms with Gasteiger partial charge in [0.25, 0.3) is 0 Å². The molecule has 2 rings (SSSR count). The maximum Gasteiger partial charge on any atom is 0.313 e. The first-order chi connectivity index (χ1) is 13.5. The summed E-state index contributed by atoms with van der Waals surface area (Å²) in [6.07, 6.45) is 12.8. The third-order valence-corrected chi connectivity index (χ3v) is 5.28. The van der Waals surface area contributed by atoms with Gasteiger partial charge in [-0.3, -0.25) is 4.79 Å². The minimum Gasteiger partial charge on any atom is -0.330 e. The molecule has 4 unspecified atom stereocenters. The van der Waals surface area contributed by atoms with Crippen molar-refractivity contribution >= 4 is 40.1 Å². The van der Waals surface area contributed by atoms with Crippen LogP contribution in [-0.4, -0.2) is 43.0 Å². The highest BCUT2D eigenvalue weighted by Crippen LogP contribution is 2.29. The van der Waals surface area contributed by atoms with Crippen LogP contribution in [0, 0.1) is 23.7 Å². The molecule has 0 spiro atoms. The SMILES string of the molecule is NCC1CCCC(CN)C1.O=C(Cl)Cl.O=C=NCC1CCCC(CN=C=O)C1. The molecule has 4 N–H and O–H groups in total. The summed E-state index contributed by atoms with van der Waals surface area (Å²) in [7, 11) is 0. The summed E-state index contributed by atoms with van der Waals surface area (Å²) in [5, 5.41) is 0. The molecule has 0 aliphatic heterocycles. The van der Waals surface area contributed by atoms with E-state index in [4.69, 9.17) is 16.3 Å². The molecule has 2 aliphatic carbocycles. The van der Waals surface area contributed by atoms with Gasteiger partial charge in [0.05, 0.1) is 13.1 Å². The highest BCUT2D eigenvalue weighted by molar-refractivity contribution is 6.93. The highest BCUT2D eigenvalue weighted by atomic mass is 35.5. The fourth-order valence-corrected chi connectivity index (χ4v) is 3.90. The number of nitrogens with two attached hydrogens (primary N) is 2. The average Bonchev–Trinajstić information content (AvgIpc) is 2.71. The first-order valence-electron chi connectivity index (χ1n) is 9.79. The lowest BCUT2D eigenvalue weighted by molar-refractivity contribution is 0.275. The van der Waals surface area contributed by atoms with Crippen molar-refractivity contribution in [2.45, 2.75) is 51.4 Å². The molecule has 0 radical (unpaired) electrons. The van der Waals surface area contributed by atoms with Gasteiger partial charge >= 0.3 is 4.70 Å². The summed E-state index contributed by atoms with van der Waals surface area (Å²) >= 11 is 8.80. The van der Waals surface area contributed by atoms with Crippen LogP contribution in [0.4, 0.5) is 4.79 Å². The molecule has 9 heteroatoms. The molecule has 0 bridgehead atoms. The minimum atomic E-state index is -0.889. The van der Waals surface area contributed by atoms with E-state index in [1.807, 2.05) is 0 Å². The van der Waals surface area contributed by atoms with Crippen LogP contribution >= 0.6 is 23.2 Å². The van der Waals surface area contributed by atoms with E-state index in [1.165, 1.54) is 25.7 Å². The molecule has 4 atom stereocenters. The lowest BCUT2D eigenvalue weighted by Crippen LogP contribution is -2.26. The Kier molecular flexibility index (Phi) is 17.3. The zero-order valence-electron chi connectivity index (χ0n) is 16.3. The summed E-state index contributed by atoms with van der Waals surface area (Å²) in [4.78, 5) is 36.0. The maximum atomic E-state index is 9.94. The number of nitrogens with zero attached hydrogens (tertiary/aromatic N) is 2. The first-order valence-corrected chi connectivity index (χ1v) is 10.5. The van der Waals surface area contributed by atoms with Crippen LogP contribution in [0.15, 0.2) is 9.98 Å². The Labute approximate surface area is 177 Å². The molecular weight excluding hydrogens is 403 g/mol. The summed E-state index contributed by atoms with van der Waals surface area (Å²) < 4.78 is -0.889. The van der Waals surface area contributed by atoms with Gasteiger partial charge in [0, 0.05) is 0 Å². The van der Waals surface area contributed by atoms with Crippen molar-refractivity contribution in [2.75, 3.05) is 26.2 Å². The van der Waals surface area contributed by atoms with Crippen molar-refractivity contribution in [3.63, 3.8) is 0 Å². The zero-order valence-corrected chi connectivity index (χ0v) is 17.8. The molecule has 0 aromatic rings. The molecule has 2 saturated carbocycles. The van der Waals surface area contributed by atoms with Crippen LogP contribution in [0.25, 0.3) is 0 Å². The van der Waals surface area contributed by atoms with Crippen LogP contribution in [0.1, 0.15) is 51.4 Å². The normalized spacial score (nSPS) is 26.1. The van der Waals surface area contributed by atoms with E-state index in [0.717, 1.165) is 50.6 Å². The first kappa shape index (κ1) is 26.9. The van der Waals surface area contributed by atoms with E-state index in [9.17, 15) is 9.59 Å². The van der Waals surface area contributed by atoms with Crippen LogP contribution in [0.5, 0.6) is 0 Å². The lowest BCUT2D eigenvalue weighted by atomic mass is 9.81. The fourth-order valence-electron chi connectivity index (χ4n) is 3.90. The summed E-state index contributed by atoms with van der Waals surface area (Å²) in [5.74, 6) is 2.47. The number of hydrogen-bond acceptors (Lipinski definition) is 7. The van der Waals surface area contributed by atoms with Gasteiger partial charge < -0.3 is 11.5 Å². The Morgan fingerprint density at radius 1 is 0.786 bits per heavy atom. The van der Waals surface area contributed by atoms with Crippen molar-refractivity contribution in [3.05, 3.63) is 0 Å². The van der Waals surface area contributed by atoms with E-state index in [0.29, 0.717) is 24.9 Å². The van der Waals surface area contributed by atoms with Gasteiger partial charge in [-0.2, -0.15) is 0 Å². The third kappa shape index (κ3) is 14.9. The van der Waals surface area contributed by atoms with Gasteiger partial charge in [-0.05, 0) is 98.5 Å². The smallest absolute Gasteiger partial charge is 0.313 e. The minimum absolute atomic E-state index is 0.469. The Bertz CT molecular complexity index is 483. The molecule has 0 aromatic heterocycles. The average molecular weight is 435 g/mol. The monoisotopic (exact) mass is 434 g/mol. The van der Waals surface area contributed by atoms with E-state index in [-0.39, 0.29) is 0 Å². The fraction of sp³-hybridized carbons (Fsp3) is 0.842. The van der Waals surface area contributed by atoms with Crippen molar-refractivity contribution in [1.29, 1.82) is 0 Å². The number of hydrogen-bond donors (Lipinski definition) is 2. The quantitative estimate of drug-likeness (QED) is 0.373. The molecule has 0 saturated heterocycles. The van der Waals surface area contributed by atoms with Crippen LogP contribution in [0.2, 0.25) is 0 Å². The molecule has 160 valence electrons. The van der Waals surface area contributed by atoms with E-state index in [2.05, 4.69) is 33.2 Å². The van der Waals surface area contributed by atoms with Crippen molar-refractivity contribution in [1.82, 2.24) is 0 Å². The second kappa shape index (κ2) is 18.0. The topological polar surface area (TPSA) is 128 Å². The predicted octanol–water partition coefficient (Wildman–Crippen LogP) is 3.76. The maximum absolute atomic E-state index is 9.94. The number of rotatable bonds is 6. The Morgan fingerprint density at radius 2 is 1.11 bits per heavy atom. The zero-order chi connectivity index (χ0) is 21.2. The van der Waals surface area contributed by atoms with Crippen molar-refractivity contribution < 1.29 is 14.4 Å². The molecular formula is C19H32Cl2N4O3. The predicted molar refractivity (Wildman–Crippen MR) is 112 cm³/mol. The molecule has 28 heavy (non-hydrogen) atoms. The van der Waals surface area contributed by atoms with E-state index in [1.54, 1.807) is 12.2 Å². The molecule has 2 fully saturated rings. The molecule has 7 nitrogen and oxygen atoms in total. The number of halogens is 2. The Balaban J connectivity index is 0.000000454. The number of isocyanates is 2. The van der Waals surface area contributed by atoms with Gasteiger partial charge in [0.2, 0.25) is 12.2 Å². The molecule has 2 aliphatic rings. The Hall–Kier alpha value is -1.07. The highest BCUT2D eigenvalue weighted by Gasteiger charge is 2.21. The van der Waals surface area contributed by atoms with Gasteiger partial charge in [0.1, 0.15) is 0 Å². The van der Waals surface area contributed by atoms with Crippen LogP contribution in [-0.2, 0) is 9.59 Å². The van der Waals surface area contributed by atoms with Gasteiger partial charge in [-0.15, -0.1) is 0 Å². The molecule has 0 amide bonds. The van der Waals surface area contributed by atoms with E-state index < -0.39 is 4.70 Å². The van der Waals surface area contributed by atoms with E-state index >= 15 is 0 Å². The summed E-state index contributed by atoms with van der Waals surface area (Å²) in [6, 6.07) is 0. The molecule has 0 heterocycles. The third-order valence-electron chi connectivity index (χ3n) is 5.28. The number of aliphatic imine (C=N–C) groups is 2.